The summed E-state index contributed by atoms with van der Waals surface area (Å²) in [6.45, 7) is 11.6. The molecule has 2 atom stereocenters. The molecule has 2 N–H and O–H groups in total. The lowest BCUT2D eigenvalue weighted by molar-refractivity contribution is 0.0866. The van der Waals surface area contributed by atoms with E-state index >= 15 is 0 Å². The number of rotatable bonds is 9. The number of halogens is 2. The molecular formula is C37H40Cl2N8. The van der Waals surface area contributed by atoms with Crippen LogP contribution in [-0.2, 0) is 0 Å². The monoisotopic (exact) mass is 666 g/mol. The topological polar surface area (TPSA) is 94.7 Å². The van der Waals surface area contributed by atoms with E-state index in [2.05, 4.69) is 77.9 Å². The number of benzene rings is 3. The van der Waals surface area contributed by atoms with E-state index in [0.29, 0.717) is 33.4 Å². The Hall–Kier alpha value is -4.16. The molecule has 1 aliphatic rings. The average molecular weight is 668 g/mol. The van der Waals surface area contributed by atoms with Crippen molar-refractivity contribution >= 4 is 45.5 Å². The fraction of sp³-hybridized carbons (Fsp3) is 0.351. The van der Waals surface area contributed by atoms with Gasteiger partial charge in [-0.25, -0.2) is 4.68 Å². The number of fused-ring (bicyclic) bond motifs is 1. The first-order chi connectivity index (χ1) is 22.6. The highest BCUT2D eigenvalue weighted by Crippen LogP contribution is 2.37. The number of nitriles is 1. The summed E-state index contributed by atoms with van der Waals surface area (Å²) in [6, 6.07) is 24.0. The summed E-state index contributed by atoms with van der Waals surface area (Å²) in [6.07, 6.45) is 5.70. The van der Waals surface area contributed by atoms with Crippen molar-refractivity contribution in [3.63, 3.8) is 0 Å². The van der Waals surface area contributed by atoms with Crippen LogP contribution in [0.2, 0.25) is 10.0 Å². The second-order valence-corrected chi connectivity index (χ2v) is 14.2. The van der Waals surface area contributed by atoms with Crippen LogP contribution < -0.4 is 10.6 Å². The number of piperidine rings is 1. The van der Waals surface area contributed by atoms with Crippen molar-refractivity contribution < 1.29 is 0 Å². The Labute approximate surface area is 286 Å². The minimum Gasteiger partial charge on any atom is -0.383 e. The van der Waals surface area contributed by atoms with Crippen molar-refractivity contribution in [2.45, 2.75) is 64.1 Å². The van der Waals surface area contributed by atoms with Gasteiger partial charge in [0.05, 0.1) is 40.7 Å². The maximum Gasteiger partial charge on any atom is 0.109 e. The average Bonchev–Trinajstić information content (AvgIpc) is 3.56. The summed E-state index contributed by atoms with van der Waals surface area (Å²) in [7, 11) is 0. The molecule has 10 heteroatoms. The fourth-order valence-corrected chi connectivity index (χ4v) is 6.69. The first kappa shape index (κ1) is 32.8. The van der Waals surface area contributed by atoms with Gasteiger partial charge in [0.25, 0.3) is 0 Å². The lowest BCUT2D eigenvalue weighted by atomic mass is 9.98. The van der Waals surface area contributed by atoms with Crippen molar-refractivity contribution in [2.24, 2.45) is 0 Å². The Kier molecular flexibility index (Phi) is 9.70. The van der Waals surface area contributed by atoms with Crippen molar-refractivity contribution in [1.29, 1.82) is 5.26 Å². The Bertz CT molecular complexity index is 1870. The highest BCUT2D eigenvalue weighted by molar-refractivity contribution is 6.32. The molecule has 0 amide bonds. The normalized spacial score (nSPS) is 15.7. The zero-order valence-electron chi connectivity index (χ0n) is 27.2. The molecule has 1 saturated heterocycles. The van der Waals surface area contributed by atoms with Crippen molar-refractivity contribution in [3.05, 3.63) is 112 Å². The van der Waals surface area contributed by atoms with Gasteiger partial charge in [0, 0.05) is 46.8 Å². The molecule has 242 valence electrons. The van der Waals surface area contributed by atoms with E-state index in [1.54, 1.807) is 6.20 Å². The van der Waals surface area contributed by atoms with E-state index in [1.165, 1.54) is 5.56 Å². The van der Waals surface area contributed by atoms with Crippen molar-refractivity contribution in [3.8, 4) is 6.07 Å². The van der Waals surface area contributed by atoms with Crippen LogP contribution in [0.25, 0.3) is 10.9 Å². The molecule has 0 radical (unpaired) electrons. The maximum atomic E-state index is 10.0. The maximum absolute atomic E-state index is 10.0. The number of anilines is 2. The third-order valence-corrected chi connectivity index (χ3v) is 9.59. The van der Waals surface area contributed by atoms with Gasteiger partial charge < -0.3 is 10.6 Å². The van der Waals surface area contributed by atoms with E-state index in [4.69, 9.17) is 28.2 Å². The van der Waals surface area contributed by atoms with Gasteiger partial charge in [0.15, 0.2) is 0 Å². The number of nitrogens with one attached hydrogen (secondary N) is 2. The molecule has 0 bridgehead atoms. The van der Waals surface area contributed by atoms with Gasteiger partial charge in [0.1, 0.15) is 11.8 Å². The Morgan fingerprint density at radius 1 is 0.979 bits per heavy atom. The Balaban J connectivity index is 1.33. The van der Waals surface area contributed by atoms with Crippen molar-refractivity contribution in [2.75, 3.05) is 30.3 Å². The van der Waals surface area contributed by atoms with Crippen LogP contribution in [0.15, 0.2) is 79.1 Å². The molecule has 6 rings (SSSR count). The van der Waals surface area contributed by atoms with E-state index in [1.807, 2.05) is 59.3 Å². The largest absolute Gasteiger partial charge is 0.383 e. The number of hydrogen-bond donors (Lipinski definition) is 2. The predicted octanol–water partition coefficient (Wildman–Crippen LogP) is 8.86. The highest BCUT2D eigenvalue weighted by atomic mass is 35.5. The SMILES string of the molecule is C[C@@H](CNc1c(C#N)cnc2c(N[C@@H](c3ccc(Cl)cc3)c3cn(C4CCN(C(C)(C)C)CC4)nn3)cc(Cl)cc12)c1ccccc1. The third kappa shape index (κ3) is 7.38. The number of pyridine rings is 1. The minimum atomic E-state index is -0.357. The molecule has 1 aliphatic heterocycles. The molecule has 5 aromatic rings. The number of likely N-dealkylation sites (tertiary alicyclic amines) is 1. The number of nitrogens with zero attached hydrogens (tertiary/aromatic N) is 6. The zero-order valence-corrected chi connectivity index (χ0v) is 28.7. The molecule has 1 fully saturated rings. The molecule has 0 aliphatic carbocycles. The third-order valence-electron chi connectivity index (χ3n) is 9.12. The lowest BCUT2D eigenvalue weighted by Crippen LogP contribution is -2.46. The van der Waals surface area contributed by atoms with E-state index in [9.17, 15) is 5.26 Å². The first-order valence-electron chi connectivity index (χ1n) is 16.1. The van der Waals surface area contributed by atoms with Crippen molar-refractivity contribution in [1.82, 2.24) is 24.9 Å². The summed E-state index contributed by atoms with van der Waals surface area (Å²) in [4.78, 5) is 7.28. The van der Waals surface area contributed by atoms with Gasteiger partial charge in [-0.15, -0.1) is 5.10 Å². The van der Waals surface area contributed by atoms with Crippen LogP contribution in [0, 0.1) is 11.3 Å². The van der Waals surface area contributed by atoms with Gasteiger partial charge in [-0.1, -0.05) is 77.8 Å². The predicted molar refractivity (Wildman–Crippen MR) is 191 cm³/mol. The smallest absolute Gasteiger partial charge is 0.109 e. The van der Waals surface area contributed by atoms with Crippen LogP contribution >= 0.6 is 23.2 Å². The summed E-state index contributed by atoms with van der Waals surface area (Å²) in [5.74, 6) is 0.223. The summed E-state index contributed by atoms with van der Waals surface area (Å²) in [5.41, 5.74) is 5.72. The number of hydrogen-bond acceptors (Lipinski definition) is 7. The quantitative estimate of drug-likeness (QED) is 0.162. The lowest BCUT2D eigenvalue weighted by Gasteiger charge is -2.40. The zero-order chi connectivity index (χ0) is 33.1. The summed E-state index contributed by atoms with van der Waals surface area (Å²) < 4.78 is 2.02. The fourth-order valence-electron chi connectivity index (χ4n) is 6.35. The molecule has 8 nitrogen and oxygen atoms in total. The molecular weight excluding hydrogens is 627 g/mol. The van der Waals surface area contributed by atoms with Crippen LogP contribution in [0.1, 0.15) is 80.9 Å². The number of aromatic nitrogens is 4. The molecule has 3 aromatic carbocycles. The van der Waals surface area contributed by atoms with Crippen LogP contribution in [0.3, 0.4) is 0 Å². The van der Waals surface area contributed by atoms with Crippen LogP contribution in [-0.4, -0.2) is 50.1 Å². The Morgan fingerprint density at radius 2 is 1.70 bits per heavy atom. The molecule has 3 heterocycles. The van der Waals surface area contributed by atoms with Gasteiger partial charge in [-0.05, 0) is 74.9 Å². The van der Waals surface area contributed by atoms with Gasteiger partial charge >= 0.3 is 0 Å². The standard InChI is InChI=1S/C37H40Cl2N8/c1-24(25-8-6-5-7-9-25)21-41-34-27(20-40)22-42-36-31(34)18-29(39)19-32(36)43-35(26-10-12-28(38)13-11-26)33-23-47(45-44-33)30-14-16-46(17-15-30)37(2,3)4/h5-13,18-19,22-24,30,35,43H,14-17,21H2,1-4H3,(H,41,42)/t24-,35-/m0/s1. The van der Waals surface area contributed by atoms with Gasteiger partial charge in [0.2, 0.25) is 0 Å². The summed E-state index contributed by atoms with van der Waals surface area (Å²) in [5, 5.41) is 28.5. The Morgan fingerprint density at radius 3 is 2.38 bits per heavy atom. The van der Waals surface area contributed by atoms with Crippen LogP contribution in [0.4, 0.5) is 11.4 Å². The van der Waals surface area contributed by atoms with Gasteiger partial charge in [-0.3, -0.25) is 9.88 Å². The second kappa shape index (κ2) is 13.9. The van der Waals surface area contributed by atoms with Gasteiger partial charge in [-0.2, -0.15) is 5.26 Å². The molecule has 0 saturated carbocycles. The van der Waals surface area contributed by atoms with E-state index in [0.717, 1.165) is 48.3 Å². The van der Waals surface area contributed by atoms with E-state index in [-0.39, 0.29) is 23.5 Å². The molecule has 47 heavy (non-hydrogen) atoms. The molecule has 2 aromatic heterocycles. The first-order valence-corrected chi connectivity index (χ1v) is 16.9. The minimum absolute atomic E-state index is 0.152. The van der Waals surface area contributed by atoms with E-state index < -0.39 is 0 Å². The second-order valence-electron chi connectivity index (χ2n) is 13.3. The van der Waals surface area contributed by atoms with Crippen LogP contribution in [0.5, 0.6) is 0 Å². The summed E-state index contributed by atoms with van der Waals surface area (Å²) >= 11 is 13.1. The highest BCUT2D eigenvalue weighted by Gasteiger charge is 2.29. The molecule has 0 unspecified atom stereocenters. The molecule has 0 spiro atoms.